The summed E-state index contributed by atoms with van der Waals surface area (Å²) in [6, 6.07) is 8.60. The smallest absolute Gasteiger partial charge is 0.253 e. The molecule has 0 saturated carbocycles. The fourth-order valence-electron chi connectivity index (χ4n) is 2.26. The van der Waals surface area contributed by atoms with Crippen molar-refractivity contribution >= 4 is 5.91 Å². The number of amides is 1. The van der Waals surface area contributed by atoms with Gasteiger partial charge in [0.15, 0.2) is 0 Å². The van der Waals surface area contributed by atoms with Crippen LogP contribution in [0.5, 0.6) is 0 Å². The summed E-state index contributed by atoms with van der Waals surface area (Å²) < 4.78 is 0. The Morgan fingerprint density at radius 2 is 2.11 bits per heavy atom. The summed E-state index contributed by atoms with van der Waals surface area (Å²) in [5, 5.41) is 18.7. The molecule has 1 unspecified atom stereocenters. The Balaban J connectivity index is 2.13. The minimum absolute atomic E-state index is 0.0838. The van der Waals surface area contributed by atoms with Crippen LogP contribution in [0.3, 0.4) is 0 Å². The molecule has 1 heterocycles. The quantitative estimate of drug-likeness (QED) is 0.815. The maximum atomic E-state index is 12.2. The highest BCUT2D eigenvalue weighted by Crippen LogP contribution is 2.21. The van der Waals surface area contributed by atoms with E-state index >= 15 is 0 Å². The highest BCUT2D eigenvalue weighted by Gasteiger charge is 2.31. The standard InChI is InChI=1S/C14H16N2O2/c1-14(18)7-2-8-16(10-14)13(17)12-5-3-11(9-15)4-6-12/h3-6,18H,2,7-8,10H2,1H3. The molecule has 1 N–H and O–H groups in total. The number of carbonyl (C=O) groups is 1. The van der Waals surface area contributed by atoms with Crippen LogP contribution in [0.2, 0.25) is 0 Å². The molecule has 94 valence electrons. The van der Waals surface area contributed by atoms with Crippen molar-refractivity contribution < 1.29 is 9.90 Å². The van der Waals surface area contributed by atoms with E-state index in [2.05, 4.69) is 0 Å². The topological polar surface area (TPSA) is 64.3 Å². The summed E-state index contributed by atoms with van der Waals surface area (Å²) in [6.07, 6.45) is 1.54. The second kappa shape index (κ2) is 4.79. The van der Waals surface area contributed by atoms with Crippen LogP contribution in [0.25, 0.3) is 0 Å². The molecule has 0 radical (unpaired) electrons. The molecule has 1 aromatic rings. The van der Waals surface area contributed by atoms with Gasteiger partial charge in [0, 0.05) is 18.7 Å². The number of likely N-dealkylation sites (tertiary alicyclic amines) is 1. The molecule has 0 spiro atoms. The van der Waals surface area contributed by atoms with Crippen LogP contribution in [-0.2, 0) is 0 Å². The molecule has 1 aliphatic heterocycles. The lowest BCUT2D eigenvalue weighted by atomic mass is 9.94. The summed E-state index contributed by atoms with van der Waals surface area (Å²) >= 11 is 0. The van der Waals surface area contributed by atoms with E-state index in [0.717, 1.165) is 12.8 Å². The van der Waals surface area contributed by atoms with E-state index in [0.29, 0.717) is 24.2 Å². The van der Waals surface area contributed by atoms with Gasteiger partial charge in [0.1, 0.15) is 0 Å². The monoisotopic (exact) mass is 244 g/mol. The Kier molecular flexibility index (Phi) is 3.35. The number of benzene rings is 1. The van der Waals surface area contributed by atoms with E-state index in [1.807, 2.05) is 6.07 Å². The zero-order valence-electron chi connectivity index (χ0n) is 10.4. The number of nitrogens with zero attached hydrogens (tertiary/aromatic N) is 2. The zero-order valence-corrected chi connectivity index (χ0v) is 10.4. The first kappa shape index (κ1) is 12.6. The van der Waals surface area contributed by atoms with Crippen LogP contribution in [0.1, 0.15) is 35.7 Å². The van der Waals surface area contributed by atoms with Gasteiger partial charge in [-0.3, -0.25) is 4.79 Å². The molecule has 2 rings (SSSR count). The van der Waals surface area contributed by atoms with Crippen molar-refractivity contribution in [2.45, 2.75) is 25.4 Å². The maximum absolute atomic E-state index is 12.2. The Labute approximate surface area is 106 Å². The molecule has 1 atom stereocenters. The molecule has 4 nitrogen and oxygen atoms in total. The second-order valence-corrected chi connectivity index (χ2v) is 5.02. The third-order valence-electron chi connectivity index (χ3n) is 3.22. The predicted molar refractivity (Wildman–Crippen MR) is 66.9 cm³/mol. The van der Waals surface area contributed by atoms with E-state index in [4.69, 9.17) is 5.26 Å². The van der Waals surface area contributed by atoms with E-state index in [9.17, 15) is 9.90 Å². The fraction of sp³-hybridized carbons (Fsp3) is 0.429. The molecule has 0 aliphatic carbocycles. The number of piperidine rings is 1. The van der Waals surface area contributed by atoms with Gasteiger partial charge < -0.3 is 10.0 Å². The summed E-state index contributed by atoms with van der Waals surface area (Å²) in [4.78, 5) is 13.9. The highest BCUT2D eigenvalue weighted by molar-refractivity contribution is 5.94. The largest absolute Gasteiger partial charge is 0.388 e. The molecule has 1 saturated heterocycles. The fourth-order valence-corrected chi connectivity index (χ4v) is 2.26. The Morgan fingerprint density at radius 1 is 1.44 bits per heavy atom. The first-order valence-electron chi connectivity index (χ1n) is 6.04. The zero-order chi connectivity index (χ0) is 13.2. The molecule has 0 bridgehead atoms. The van der Waals surface area contributed by atoms with Crippen molar-refractivity contribution in [2.24, 2.45) is 0 Å². The van der Waals surface area contributed by atoms with Crippen LogP contribution in [0, 0.1) is 11.3 Å². The summed E-state index contributed by atoms with van der Waals surface area (Å²) in [5.74, 6) is -0.0838. The van der Waals surface area contributed by atoms with E-state index < -0.39 is 5.60 Å². The first-order chi connectivity index (χ1) is 8.52. The lowest BCUT2D eigenvalue weighted by molar-refractivity contribution is -0.0107. The van der Waals surface area contributed by atoms with Crippen molar-refractivity contribution in [3.8, 4) is 6.07 Å². The van der Waals surface area contributed by atoms with Crippen LogP contribution < -0.4 is 0 Å². The molecule has 1 aliphatic rings. The molecular formula is C14H16N2O2. The van der Waals surface area contributed by atoms with Gasteiger partial charge in [-0.2, -0.15) is 5.26 Å². The SMILES string of the molecule is CC1(O)CCCN(C(=O)c2ccc(C#N)cc2)C1. The number of nitriles is 1. The molecule has 4 heteroatoms. The number of hydrogen-bond acceptors (Lipinski definition) is 3. The average molecular weight is 244 g/mol. The number of rotatable bonds is 1. The lowest BCUT2D eigenvalue weighted by Crippen LogP contribution is -2.48. The van der Waals surface area contributed by atoms with E-state index in [-0.39, 0.29) is 5.91 Å². The normalized spacial score (nSPS) is 23.5. The summed E-state index contributed by atoms with van der Waals surface area (Å²) in [6.45, 7) is 2.80. The van der Waals surface area contributed by atoms with E-state index in [1.165, 1.54) is 0 Å². The van der Waals surface area contributed by atoms with Crippen molar-refractivity contribution in [2.75, 3.05) is 13.1 Å². The van der Waals surface area contributed by atoms with Gasteiger partial charge in [0.2, 0.25) is 0 Å². The Hall–Kier alpha value is -1.86. The summed E-state index contributed by atoms with van der Waals surface area (Å²) in [7, 11) is 0. The number of β-amino-alcohol motifs (C(OH)–C–C–N with tert-alkyl or cyclic N) is 1. The highest BCUT2D eigenvalue weighted by atomic mass is 16.3. The average Bonchev–Trinajstić information content (AvgIpc) is 2.37. The van der Waals surface area contributed by atoms with Gasteiger partial charge in [0.05, 0.1) is 17.2 Å². The maximum Gasteiger partial charge on any atom is 0.253 e. The minimum Gasteiger partial charge on any atom is -0.388 e. The summed E-state index contributed by atoms with van der Waals surface area (Å²) in [5.41, 5.74) is 0.310. The van der Waals surface area contributed by atoms with Crippen molar-refractivity contribution in [3.63, 3.8) is 0 Å². The van der Waals surface area contributed by atoms with Gasteiger partial charge in [-0.25, -0.2) is 0 Å². The van der Waals surface area contributed by atoms with Gasteiger partial charge in [-0.05, 0) is 44.0 Å². The first-order valence-corrected chi connectivity index (χ1v) is 6.04. The third kappa shape index (κ3) is 2.69. The Morgan fingerprint density at radius 3 is 2.67 bits per heavy atom. The van der Waals surface area contributed by atoms with Crippen LogP contribution in [0.15, 0.2) is 24.3 Å². The van der Waals surface area contributed by atoms with Gasteiger partial charge in [-0.15, -0.1) is 0 Å². The number of carbonyl (C=O) groups excluding carboxylic acids is 1. The van der Waals surface area contributed by atoms with Crippen LogP contribution in [-0.4, -0.2) is 34.6 Å². The molecule has 1 aromatic carbocycles. The molecule has 1 fully saturated rings. The third-order valence-corrected chi connectivity index (χ3v) is 3.22. The minimum atomic E-state index is -0.791. The molecule has 0 aromatic heterocycles. The Bertz CT molecular complexity index is 486. The van der Waals surface area contributed by atoms with Crippen LogP contribution >= 0.6 is 0 Å². The van der Waals surface area contributed by atoms with Gasteiger partial charge in [0.25, 0.3) is 5.91 Å². The van der Waals surface area contributed by atoms with Crippen molar-refractivity contribution in [3.05, 3.63) is 35.4 Å². The van der Waals surface area contributed by atoms with Gasteiger partial charge >= 0.3 is 0 Å². The predicted octanol–water partition coefficient (Wildman–Crippen LogP) is 1.55. The van der Waals surface area contributed by atoms with Crippen molar-refractivity contribution in [1.29, 1.82) is 5.26 Å². The number of aliphatic hydroxyl groups is 1. The lowest BCUT2D eigenvalue weighted by Gasteiger charge is -2.36. The molecular weight excluding hydrogens is 228 g/mol. The van der Waals surface area contributed by atoms with Gasteiger partial charge in [-0.1, -0.05) is 0 Å². The van der Waals surface area contributed by atoms with Crippen molar-refractivity contribution in [1.82, 2.24) is 4.90 Å². The number of hydrogen-bond donors (Lipinski definition) is 1. The van der Waals surface area contributed by atoms with Crippen LogP contribution in [0.4, 0.5) is 0 Å². The van der Waals surface area contributed by atoms with E-state index in [1.54, 1.807) is 36.1 Å². The molecule has 1 amide bonds. The second-order valence-electron chi connectivity index (χ2n) is 5.02. The molecule has 18 heavy (non-hydrogen) atoms.